The van der Waals surface area contributed by atoms with Crippen LogP contribution < -0.4 is 0 Å². The van der Waals surface area contributed by atoms with Crippen LogP contribution >= 0.6 is 0 Å². The van der Waals surface area contributed by atoms with Crippen LogP contribution in [-0.2, 0) is 6.54 Å². The zero-order valence-corrected chi connectivity index (χ0v) is 8.47. The molecule has 0 atom stereocenters. The largest absolute Gasteiger partial charge is 0.478 e. The summed E-state index contributed by atoms with van der Waals surface area (Å²) in [6.45, 7) is 2.94. The Morgan fingerprint density at radius 2 is 2.33 bits per heavy atom. The average Bonchev–Trinajstić information content (AvgIpc) is 2.61. The van der Waals surface area contributed by atoms with E-state index in [4.69, 9.17) is 5.11 Å². The van der Waals surface area contributed by atoms with Gasteiger partial charge < -0.3 is 9.67 Å². The van der Waals surface area contributed by atoms with Crippen LogP contribution in [0.15, 0.2) is 24.5 Å². The van der Waals surface area contributed by atoms with Gasteiger partial charge in [-0.25, -0.2) is 9.78 Å². The molecular weight excluding hydrogens is 192 g/mol. The Kier molecular flexibility index (Phi) is 2.41. The molecule has 1 N–H and O–H groups in total. The molecule has 0 amide bonds. The van der Waals surface area contributed by atoms with Gasteiger partial charge in [-0.1, -0.05) is 6.92 Å². The number of aryl methyl sites for hydroxylation is 1. The Labute approximate surface area is 87.2 Å². The van der Waals surface area contributed by atoms with Gasteiger partial charge >= 0.3 is 5.97 Å². The highest BCUT2D eigenvalue weighted by atomic mass is 16.4. The number of hydrogen-bond donors (Lipinski definition) is 1. The molecule has 1 heterocycles. The molecule has 0 unspecified atom stereocenters. The topological polar surface area (TPSA) is 55.1 Å². The molecule has 0 fully saturated rings. The maximum Gasteiger partial charge on any atom is 0.335 e. The monoisotopic (exact) mass is 204 g/mol. The molecule has 0 aliphatic carbocycles. The van der Waals surface area contributed by atoms with E-state index in [9.17, 15) is 4.79 Å². The van der Waals surface area contributed by atoms with Crippen LogP contribution in [0.25, 0.3) is 11.0 Å². The number of fused-ring (bicyclic) bond motifs is 1. The van der Waals surface area contributed by atoms with Gasteiger partial charge in [-0.05, 0) is 24.6 Å². The first-order valence-electron chi connectivity index (χ1n) is 4.90. The van der Waals surface area contributed by atoms with Gasteiger partial charge in [0.25, 0.3) is 0 Å². The summed E-state index contributed by atoms with van der Waals surface area (Å²) in [4.78, 5) is 15.0. The van der Waals surface area contributed by atoms with Crippen molar-refractivity contribution in [2.24, 2.45) is 0 Å². The fourth-order valence-corrected chi connectivity index (χ4v) is 1.61. The average molecular weight is 204 g/mol. The highest BCUT2D eigenvalue weighted by Gasteiger charge is 2.07. The number of carbonyl (C=O) groups is 1. The van der Waals surface area contributed by atoms with E-state index in [1.54, 1.807) is 24.5 Å². The van der Waals surface area contributed by atoms with Gasteiger partial charge in [-0.3, -0.25) is 0 Å². The number of aromatic carboxylic acids is 1. The van der Waals surface area contributed by atoms with Gasteiger partial charge in [0.1, 0.15) is 0 Å². The van der Waals surface area contributed by atoms with Crippen molar-refractivity contribution in [3.05, 3.63) is 30.1 Å². The molecule has 0 bridgehead atoms. The minimum atomic E-state index is -0.902. The van der Waals surface area contributed by atoms with Crippen LogP contribution in [0, 0.1) is 0 Å². The highest BCUT2D eigenvalue weighted by Crippen LogP contribution is 2.15. The van der Waals surface area contributed by atoms with Gasteiger partial charge in [0.15, 0.2) is 0 Å². The minimum Gasteiger partial charge on any atom is -0.478 e. The second-order valence-corrected chi connectivity index (χ2v) is 3.45. The van der Waals surface area contributed by atoms with Gasteiger partial charge in [0, 0.05) is 6.54 Å². The summed E-state index contributed by atoms with van der Waals surface area (Å²) in [7, 11) is 0. The molecule has 1 aromatic heterocycles. The van der Waals surface area contributed by atoms with Crippen LogP contribution in [0.4, 0.5) is 0 Å². The third-order valence-electron chi connectivity index (χ3n) is 2.33. The predicted octanol–water partition coefficient (Wildman–Crippen LogP) is 2.14. The van der Waals surface area contributed by atoms with E-state index >= 15 is 0 Å². The standard InChI is InChI=1S/C11H12N2O2/c1-2-5-13-7-12-9-4-3-8(11(14)15)6-10(9)13/h3-4,6-7H,2,5H2,1H3,(H,14,15). The van der Waals surface area contributed by atoms with Gasteiger partial charge in [0.05, 0.1) is 22.9 Å². The van der Waals surface area contributed by atoms with Crippen molar-refractivity contribution in [3.63, 3.8) is 0 Å². The van der Waals surface area contributed by atoms with Crippen molar-refractivity contribution in [1.82, 2.24) is 9.55 Å². The molecule has 4 nitrogen and oxygen atoms in total. The van der Waals surface area contributed by atoms with Crippen LogP contribution in [0.3, 0.4) is 0 Å². The second kappa shape index (κ2) is 3.73. The fourth-order valence-electron chi connectivity index (χ4n) is 1.61. The molecule has 1 aromatic carbocycles. The molecule has 15 heavy (non-hydrogen) atoms. The molecular formula is C11H12N2O2. The van der Waals surface area contributed by atoms with Crippen LogP contribution in [0.5, 0.6) is 0 Å². The Bertz CT molecular complexity index is 502. The molecule has 0 radical (unpaired) electrons. The lowest BCUT2D eigenvalue weighted by molar-refractivity contribution is 0.0697. The first-order chi connectivity index (χ1) is 7.22. The molecule has 2 rings (SSSR count). The predicted molar refractivity (Wildman–Crippen MR) is 57.0 cm³/mol. The number of rotatable bonds is 3. The number of aromatic nitrogens is 2. The van der Waals surface area contributed by atoms with Crippen molar-refractivity contribution in [2.45, 2.75) is 19.9 Å². The van der Waals surface area contributed by atoms with Crippen molar-refractivity contribution < 1.29 is 9.90 Å². The summed E-state index contributed by atoms with van der Waals surface area (Å²) in [5.41, 5.74) is 2.03. The Morgan fingerprint density at radius 1 is 1.53 bits per heavy atom. The third-order valence-corrected chi connectivity index (χ3v) is 2.33. The Balaban J connectivity index is 2.56. The van der Waals surface area contributed by atoms with Gasteiger partial charge in [-0.2, -0.15) is 0 Å². The lowest BCUT2D eigenvalue weighted by atomic mass is 10.2. The zero-order valence-electron chi connectivity index (χ0n) is 8.47. The summed E-state index contributed by atoms with van der Waals surface area (Å²) in [5.74, 6) is -0.902. The Hall–Kier alpha value is -1.84. The Morgan fingerprint density at radius 3 is 3.00 bits per heavy atom. The number of hydrogen-bond acceptors (Lipinski definition) is 2. The van der Waals surface area contributed by atoms with E-state index in [1.165, 1.54) is 0 Å². The second-order valence-electron chi connectivity index (χ2n) is 3.45. The van der Waals surface area contributed by atoms with Crippen LogP contribution in [0.2, 0.25) is 0 Å². The number of benzene rings is 1. The molecule has 4 heteroatoms. The zero-order chi connectivity index (χ0) is 10.8. The summed E-state index contributed by atoms with van der Waals surface area (Å²) in [5, 5.41) is 8.87. The molecule has 0 saturated heterocycles. The molecule has 0 saturated carbocycles. The summed E-state index contributed by atoms with van der Waals surface area (Å²) >= 11 is 0. The number of carboxylic acid groups (broad SMARTS) is 1. The number of imidazole rings is 1. The van der Waals surface area contributed by atoms with Crippen LogP contribution in [-0.4, -0.2) is 20.6 Å². The number of nitrogens with zero attached hydrogens (tertiary/aromatic N) is 2. The molecule has 0 aliphatic rings. The van der Waals surface area contributed by atoms with Crippen molar-refractivity contribution in [1.29, 1.82) is 0 Å². The van der Waals surface area contributed by atoms with E-state index in [0.29, 0.717) is 5.56 Å². The molecule has 0 spiro atoms. The smallest absolute Gasteiger partial charge is 0.335 e. The summed E-state index contributed by atoms with van der Waals surface area (Å²) in [6.07, 6.45) is 2.75. The minimum absolute atomic E-state index is 0.306. The maximum atomic E-state index is 10.8. The molecule has 2 aromatic rings. The summed E-state index contributed by atoms with van der Waals surface area (Å²) < 4.78 is 1.97. The lowest BCUT2D eigenvalue weighted by Gasteiger charge is -2.01. The number of carboxylic acids is 1. The maximum absolute atomic E-state index is 10.8. The highest BCUT2D eigenvalue weighted by molar-refractivity contribution is 5.92. The fraction of sp³-hybridized carbons (Fsp3) is 0.273. The van der Waals surface area contributed by atoms with E-state index in [2.05, 4.69) is 11.9 Å². The van der Waals surface area contributed by atoms with E-state index in [1.807, 2.05) is 4.57 Å². The van der Waals surface area contributed by atoms with Crippen molar-refractivity contribution in [3.8, 4) is 0 Å². The van der Waals surface area contributed by atoms with E-state index < -0.39 is 5.97 Å². The van der Waals surface area contributed by atoms with Gasteiger partial charge in [-0.15, -0.1) is 0 Å². The first kappa shape index (κ1) is 9.71. The van der Waals surface area contributed by atoms with E-state index in [-0.39, 0.29) is 0 Å². The van der Waals surface area contributed by atoms with Crippen LogP contribution in [0.1, 0.15) is 23.7 Å². The first-order valence-corrected chi connectivity index (χ1v) is 4.90. The lowest BCUT2D eigenvalue weighted by Crippen LogP contribution is -1.98. The van der Waals surface area contributed by atoms with Crippen molar-refractivity contribution >= 4 is 17.0 Å². The van der Waals surface area contributed by atoms with Gasteiger partial charge in [0.2, 0.25) is 0 Å². The molecule has 78 valence electrons. The summed E-state index contributed by atoms with van der Waals surface area (Å²) in [6, 6.07) is 4.99. The quantitative estimate of drug-likeness (QED) is 0.833. The SMILES string of the molecule is CCCn1cnc2ccc(C(=O)O)cc21. The normalized spacial score (nSPS) is 10.7. The van der Waals surface area contributed by atoms with E-state index in [0.717, 1.165) is 24.0 Å². The molecule has 0 aliphatic heterocycles. The van der Waals surface area contributed by atoms with Crippen molar-refractivity contribution in [2.75, 3.05) is 0 Å². The third kappa shape index (κ3) is 1.70.